The Hall–Kier alpha value is -1.18. The molecule has 0 saturated heterocycles. The molecule has 17 heavy (non-hydrogen) atoms. The summed E-state index contributed by atoms with van der Waals surface area (Å²) in [6.45, 7) is 3.34. The predicted molar refractivity (Wildman–Crippen MR) is 61.1 cm³/mol. The minimum atomic E-state index is -1.08. The molecule has 7 nitrogen and oxygen atoms in total. The maximum absolute atomic E-state index is 9.64. The van der Waals surface area contributed by atoms with Gasteiger partial charge < -0.3 is 25.0 Å². The molecule has 0 bridgehead atoms. The summed E-state index contributed by atoms with van der Waals surface area (Å²) in [5.41, 5.74) is 0. The van der Waals surface area contributed by atoms with Crippen LogP contribution < -0.4 is 5.32 Å². The van der Waals surface area contributed by atoms with Crippen LogP contribution in [0.3, 0.4) is 0 Å². The monoisotopic (exact) mass is 251 g/mol. The molecule has 0 spiro atoms. The van der Waals surface area contributed by atoms with Crippen LogP contribution in [0.15, 0.2) is 0 Å². The van der Waals surface area contributed by atoms with E-state index in [0.29, 0.717) is 0 Å². The van der Waals surface area contributed by atoms with Gasteiger partial charge in [0.1, 0.15) is 0 Å². The van der Waals surface area contributed by atoms with E-state index in [2.05, 4.69) is 5.32 Å². The van der Waals surface area contributed by atoms with Crippen LogP contribution in [-0.2, 0) is 19.1 Å². The van der Waals surface area contributed by atoms with Crippen molar-refractivity contribution in [3.63, 3.8) is 0 Å². The highest BCUT2D eigenvalue weighted by Gasteiger charge is 2.00. The Morgan fingerprint density at radius 3 is 1.53 bits per heavy atom. The van der Waals surface area contributed by atoms with Gasteiger partial charge in [-0.2, -0.15) is 0 Å². The molecule has 0 unspecified atom stereocenters. The molecule has 0 saturated carbocycles. The normalized spacial score (nSPS) is 9.29. The average Bonchev–Trinajstić information content (AvgIpc) is 2.27. The van der Waals surface area contributed by atoms with Crippen molar-refractivity contribution in [3.05, 3.63) is 0 Å². The zero-order valence-corrected chi connectivity index (χ0v) is 10.3. The SMILES string of the molecule is COCCNCCOC.O=C(O)CCC(=O)O. The van der Waals surface area contributed by atoms with Gasteiger partial charge in [0.25, 0.3) is 0 Å². The topological polar surface area (TPSA) is 105 Å². The summed E-state index contributed by atoms with van der Waals surface area (Å²) in [6.07, 6.45) is -0.593. The Morgan fingerprint density at radius 1 is 0.941 bits per heavy atom. The molecule has 0 aliphatic rings. The lowest BCUT2D eigenvalue weighted by Crippen LogP contribution is -2.23. The standard InChI is InChI=1S/C6H15NO2.C4H6O4/c1-8-5-3-7-4-6-9-2;5-3(6)1-2-4(7)8/h7H,3-6H2,1-2H3;1-2H2,(H,5,6)(H,7,8). The second kappa shape index (κ2) is 14.8. The quantitative estimate of drug-likeness (QED) is 0.487. The maximum atomic E-state index is 9.64. The summed E-state index contributed by atoms with van der Waals surface area (Å²) < 4.78 is 9.64. The summed E-state index contributed by atoms with van der Waals surface area (Å²) in [4.78, 5) is 19.3. The zero-order chi connectivity index (χ0) is 13.5. The van der Waals surface area contributed by atoms with Gasteiger partial charge in [-0.1, -0.05) is 0 Å². The van der Waals surface area contributed by atoms with E-state index in [1.807, 2.05) is 0 Å². The maximum Gasteiger partial charge on any atom is 0.303 e. The summed E-state index contributed by atoms with van der Waals surface area (Å²) in [7, 11) is 3.38. The third kappa shape index (κ3) is 25.3. The molecule has 0 radical (unpaired) electrons. The van der Waals surface area contributed by atoms with E-state index in [-0.39, 0.29) is 12.8 Å². The molecule has 0 aromatic rings. The Labute approximate surface area is 101 Å². The van der Waals surface area contributed by atoms with E-state index in [4.69, 9.17) is 19.7 Å². The van der Waals surface area contributed by atoms with Crippen molar-refractivity contribution in [1.29, 1.82) is 0 Å². The molecule has 7 heteroatoms. The van der Waals surface area contributed by atoms with Crippen LogP contribution in [0.2, 0.25) is 0 Å². The molecule has 0 aromatic carbocycles. The predicted octanol–water partition coefficient (Wildman–Crippen LogP) is -0.195. The van der Waals surface area contributed by atoms with Crippen molar-refractivity contribution < 1.29 is 29.3 Å². The van der Waals surface area contributed by atoms with E-state index in [0.717, 1.165) is 26.3 Å². The fraction of sp³-hybridized carbons (Fsp3) is 0.800. The highest BCUT2D eigenvalue weighted by Crippen LogP contribution is 1.86. The minimum Gasteiger partial charge on any atom is -0.481 e. The molecule has 3 N–H and O–H groups in total. The van der Waals surface area contributed by atoms with Gasteiger partial charge in [0, 0.05) is 27.3 Å². The second-order valence-electron chi connectivity index (χ2n) is 3.02. The van der Waals surface area contributed by atoms with Gasteiger partial charge in [0.15, 0.2) is 0 Å². The van der Waals surface area contributed by atoms with E-state index >= 15 is 0 Å². The van der Waals surface area contributed by atoms with Crippen LogP contribution in [0.25, 0.3) is 0 Å². The van der Waals surface area contributed by atoms with Crippen molar-refractivity contribution in [2.45, 2.75) is 12.8 Å². The number of methoxy groups -OCH3 is 2. The van der Waals surface area contributed by atoms with Crippen LogP contribution in [0.4, 0.5) is 0 Å². The van der Waals surface area contributed by atoms with Crippen molar-refractivity contribution in [2.24, 2.45) is 0 Å². The van der Waals surface area contributed by atoms with Gasteiger partial charge in [0.2, 0.25) is 0 Å². The smallest absolute Gasteiger partial charge is 0.303 e. The zero-order valence-electron chi connectivity index (χ0n) is 10.3. The molecule has 102 valence electrons. The van der Waals surface area contributed by atoms with Crippen molar-refractivity contribution >= 4 is 11.9 Å². The van der Waals surface area contributed by atoms with Crippen molar-refractivity contribution in [2.75, 3.05) is 40.5 Å². The lowest BCUT2D eigenvalue weighted by molar-refractivity contribution is -0.143. The number of rotatable bonds is 9. The van der Waals surface area contributed by atoms with Crippen molar-refractivity contribution in [3.8, 4) is 0 Å². The van der Waals surface area contributed by atoms with Crippen LogP contribution in [0.1, 0.15) is 12.8 Å². The number of ether oxygens (including phenoxy) is 2. The second-order valence-corrected chi connectivity index (χ2v) is 3.02. The van der Waals surface area contributed by atoms with Gasteiger partial charge >= 0.3 is 11.9 Å². The summed E-state index contributed by atoms with van der Waals surface area (Å²) in [6, 6.07) is 0. The number of carbonyl (C=O) groups is 2. The van der Waals surface area contributed by atoms with Gasteiger partial charge in [0.05, 0.1) is 26.1 Å². The number of carboxylic acids is 2. The van der Waals surface area contributed by atoms with Crippen LogP contribution in [0, 0.1) is 0 Å². The first-order valence-electron chi connectivity index (χ1n) is 5.16. The molecule has 0 rings (SSSR count). The number of hydrogen-bond acceptors (Lipinski definition) is 5. The Balaban J connectivity index is 0. The van der Waals surface area contributed by atoms with Crippen LogP contribution >= 0.6 is 0 Å². The van der Waals surface area contributed by atoms with E-state index in [9.17, 15) is 9.59 Å². The first-order chi connectivity index (χ1) is 8.04. The largest absolute Gasteiger partial charge is 0.481 e. The molecule has 0 amide bonds. The van der Waals surface area contributed by atoms with Crippen LogP contribution in [-0.4, -0.2) is 62.7 Å². The molecular weight excluding hydrogens is 230 g/mol. The van der Waals surface area contributed by atoms with E-state index < -0.39 is 11.9 Å². The summed E-state index contributed by atoms with van der Waals surface area (Å²) >= 11 is 0. The lowest BCUT2D eigenvalue weighted by atomic mass is 10.3. The summed E-state index contributed by atoms with van der Waals surface area (Å²) in [5.74, 6) is -2.15. The summed E-state index contributed by atoms with van der Waals surface area (Å²) in [5, 5.41) is 18.9. The third-order valence-electron chi connectivity index (χ3n) is 1.52. The minimum absolute atomic E-state index is 0.296. The molecule has 0 heterocycles. The molecule has 0 atom stereocenters. The van der Waals surface area contributed by atoms with E-state index in [1.165, 1.54) is 0 Å². The molecule has 0 fully saturated rings. The van der Waals surface area contributed by atoms with Gasteiger partial charge in [-0.05, 0) is 0 Å². The van der Waals surface area contributed by atoms with Crippen LogP contribution in [0.5, 0.6) is 0 Å². The van der Waals surface area contributed by atoms with Gasteiger partial charge in [-0.15, -0.1) is 0 Å². The Bertz CT molecular complexity index is 177. The number of hydrogen-bond donors (Lipinski definition) is 3. The molecular formula is C10H21NO6. The molecule has 0 aromatic heterocycles. The number of carboxylic acid groups (broad SMARTS) is 2. The number of nitrogens with one attached hydrogen (secondary N) is 1. The fourth-order valence-electron chi connectivity index (χ4n) is 0.687. The molecule has 0 aliphatic carbocycles. The Morgan fingerprint density at radius 2 is 1.29 bits per heavy atom. The fourth-order valence-corrected chi connectivity index (χ4v) is 0.687. The lowest BCUT2D eigenvalue weighted by Gasteiger charge is -2.01. The van der Waals surface area contributed by atoms with Gasteiger partial charge in [-0.25, -0.2) is 0 Å². The average molecular weight is 251 g/mol. The first kappa shape index (κ1) is 18.2. The third-order valence-corrected chi connectivity index (χ3v) is 1.52. The molecule has 0 aliphatic heterocycles. The first-order valence-corrected chi connectivity index (χ1v) is 5.16. The highest BCUT2D eigenvalue weighted by atomic mass is 16.5. The Kier molecular flexibility index (Phi) is 15.9. The number of aliphatic carboxylic acids is 2. The van der Waals surface area contributed by atoms with E-state index in [1.54, 1.807) is 14.2 Å². The highest BCUT2D eigenvalue weighted by molar-refractivity contribution is 5.75. The van der Waals surface area contributed by atoms with Gasteiger partial charge in [-0.3, -0.25) is 9.59 Å². The van der Waals surface area contributed by atoms with Crippen molar-refractivity contribution in [1.82, 2.24) is 5.32 Å².